The molecule has 0 saturated carbocycles. The summed E-state index contributed by atoms with van der Waals surface area (Å²) in [5.74, 6) is 2.58. The maximum Gasteiger partial charge on any atom is 0.0713 e. The van der Waals surface area contributed by atoms with Crippen molar-refractivity contribution in [2.75, 3.05) is 30.9 Å². The van der Waals surface area contributed by atoms with Crippen LogP contribution in [0.5, 0.6) is 0 Å². The average molecular weight is 290 g/mol. The first-order chi connectivity index (χ1) is 8.74. The molecule has 4 heteroatoms. The molecule has 0 aromatic carbocycles. The monoisotopic (exact) mass is 289 g/mol. The van der Waals surface area contributed by atoms with E-state index in [0.29, 0.717) is 6.04 Å². The fourth-order valence-electron chi connectivity index (χ4n) is 2.90. The highest BCUT2D eigenvalue weighted by molar-refractivity contribution is 7.99. The van der Waals surface area contributed by atoms with Gasteiger partial charge in [0, 0.05) is 17.9 Å². The smallest absolute Gasteiger partial charge is 0.0713 e. The van der Waals surface area contributed by atoms with Crippen LogP contribution in [0.1, 0.15) is 39.0 Å². The molecule has 1 spiro atoms. The molecule has 0 aliphatic carbocycles. The number of nitrogens with one attached hydrogen (secondary N) is 1. The highest BCUT2D eigenvalue weighted by atomic mass is 32.2. The van der Waals surface area contributed by atoms with Gasteiger partial charge in [0.15, 0.2) is 0 Å². The van der Waals surface area contributed by atoms with Crippen molar-refractivity contribution in [1.29, 1.82) is 0 Å². The zero-order chi connectivity index (χ0) is 12.8. The predicted molar refractivity (Wildman–Crippen MR) is 83.9 cm³/mol. The molecule has 0 amide bonds. The Bertz CT molecular complexity index is 238. The van der Waals surface area contributed by atoms with Crippen molar-refractivity contribution in [2.24, 2.45) is 0 Å². The lowest BCUT2D eigenvalue weighted by atomic mass is 9.85. The summed E-state index contributed by atoms with van der Waals surface area (Å²) in [5.41, 5.74) is 0.228. The minimum Gasteiger partial charge on any atom is -0.375 e. The third-order valence-corrected chi connectivity index (χ3v) is 6.31. The Balaban J connectivity index is 1.72. The van der Waals surface area contributed by atoms with Crippen LogP contribution in [0, 0.1) is 0 Å². The fourth-order valence-corrected chi connectivity index (χ4v) is 4.49. The Hall–Kier alpha value is 0.620. The van der Waals surface area contributed by atoms with Crippen LogP contribution in [0.25, 0.3) is 0 Å². The summed E-state index contributed by atoms with van der Waals surface area (Å²) in [4.78, 5) is 0. The van der Waals surface area contributed by atoms with Gasteiger partial charge in [-0.2, -0.15) is 23.5 Å². The number of hydrogen-bond donors (Lipinski definition) is 1. The molecular weight excluding hydrogens is 262 g/mol. The van der Waals surface area contributed by atoms with Gasteiger partial charge in [-0.1, -0.05) is 6.92 Å². The van der Waals surface area contributed by atoms with Gasteiger partial charge in [-0.25, -0.2) is 0 Å². The maximum absolute atomic E-state index is 6.13. The second-order valence-corrected chi connectivity index (χ2v) is 8.12. The first-order valence-corrected chi connectivity index (χ1v) is 9.66. The Morgan fingerprint density at radius 1 is 1.44 bits per heavy atom. The van der Waals surface area contributed by atoms with Gasteiger partial charge in [-0.15, -0.1) is 0 Å². The van der Waals surface area contributed by atoms with Crippen molar-refractivity contribution in [3.63, 3.8) is 0 Å². The lowest BCUT2D eigenvalue weighted by Gasteiger charge is -2.43. The molecule has 1 N–H and O–H groups in total. The highest BCUT2D eigenvalue weighted by Crippen LogP contribution is 2.37. The van der Waals surface area contributed by atoms with E-state index in [1.807, 2.05) is 11.8 Å². The summed E-state index contributed by atoms with van der Waals surface area (Å²) >= 11 is 4.05. The van der Waals surface area contributed by atoms with E-state index in [1.54, 1.807) is 0 Å². The summed E-state index contributed by atoms with van der Waals surface area (Å²) in [5, 5.41) is 4.53. The molecule has 0 aromatic heterocycles. The van der Waals surface area contributed by atoms with Crippen molar-refractivity contribution in [3.8, 4) is 0 Å². The largest absolute Gasteiger partial charge is 0.375 e. The van der Waals surface area contributed by atoms with Crippen LogP contribution in [0.3, 0.4) is 0 Å². The highest BCUT2D eigenvalue weighted by Gasteiger charge is 2.38. The van der Waals surface area contributed by atoms with Crippen LogP contribution in [0.2, 0.25) is 0 Å². The van der Waals surface area contributed by atoms with Gasteiger partial charge in [0.05, 0.1) is 5.60 Å². The fraction of sp³-hybridized carbons (Fsp3) is 1.00. The van der Waals surface area contributed by atoms with Crippen LogP contribution in [0.15, 0.2) is 0 Å². The van der Waals surface area contributed by atoms with Gasteiger partial charge in [-0.3, -0.25) is 0 Å². The summed E-state index contributed by atoms with van der Waals surface area (Å²) < 4.78 is 6.13. The normalized spacial score (nSPS) is 29.3. The van der Waals surface area contributed by atoms with Crippen LogP contribution < -0.4 is 5.32 Å². The van der Waals surface area contributed by atoms with Crippen LogP contribution in [-0.4, -0.2) is 47.8 Å². The second kappa shape index (κ2) is 7.41. The second-order valence-electron chi connectivity index (χ2n) is 5.62. The van der Waals surface area contributed by atoms with Gasteiger partial charge in [-0.05, 0) is 56.4 Å². The Morgan fingerprint density at radius 2 is 2.22 bits per heavy atom. The topological polar surface area (TPSA) is 21.3 Å². The molecular formula is C14H27NOS2. The molecule has 2 atom stereocenters. The average Bonchev–Trinajstić information content (AvgIpc) is 2.39. The van der Waals surface area contributed by atoms with E-state index in [-0.39, 0.29) is 5.60 Å². The van der Waals surface area contributed by atoms with Gasteiger partial charge >= 0.3 is 0 Å². The lowest BCUT2D eigenvalue weighted by molar-refractivity contribution is -0.0930. The molecule has 2 nitrogen and oxygen atoms in total. The van der Waals surface area contributed by atoms with E-state index >= 15 is 0 Å². The predicted octanol–water partition coefficient (Wildman–Crippen LogP) is 3.16. The zero-order valence-corrected chi connectivity index (χ0v) is 13.4. The van der Waals surface area contributed by atoms with Crippen molar-refractivity contribution in [2.45, 2.75) is 55.9 Å². The molecule has 106 valence electrons. The molecule has 2 rings (SSSR count). The molecule has 0 aromatic rings. The van der Waals surface area contributed by atoms with Crippen molar-refractivity contribution >= 4 is 23.5 Å². The maximum atomic E-state index is 6.13. The summed E-state index contributed by atoms with van der Waals surface area (Å²) in [6.45, 7) is 4.44. The molecule has 0 radical (unpaired) electrons. The van der Waals surface area contributed by atoms with Gasteiger partial charge in [0.2, 0.25) is 0 Å². The number of ether oxygens (including phenoxy) is 1. The molecule has 2 fully saturated rings. The Morgan fingerprint density at radius 3 is 2.94 bits per heavy atom. The summed E-state index contributed by atoms with van der Waals surface area (Å²) in [6, 6.07) is 0.691. The quantitative estimate of drug-likeness (QED) is 0.839. The van der Waals surface area contributed by atoms with E-state index in [4.69, 9.17) is 4.74 Å². The molecule has 2 aliphatic rings. The minimum atomic E-state index is 0.228. The molecule has 0 bridgehead atoms. The van der Waals surface area contributed by atoms with Gasteiger partial charge < -0.3 is 10.1 Å². The SMILES string of the molecule is CSC(C)CCNC1CCOC2(CCSCC2)C1. The van der Waals surface area contributed by atoms with E-state index < -0.39 is 0 Å². The first-order valence-electron chi connectivity index (χ1n) is 7.22. The third kappa shape index (κ3) is 4.32. The molecule has 2 aliphatic heterocycles. The number of thioether (sulfide) groups is 2. The Kier molecular flexibility index (Phi) is 6.19. The molecule has 2 heterocycles. The summed E-state index contributed by atoms with van der Waals surface area (Å²) in [7, 11) is 0. The van der Waals surface area contributed by atoms with E-state index in [2.05, 4.69) is 30.3 Å². The molecule has 2 unspecified atom stereocenters. The van der Waals surface area contributed by atoms with Crippen molar-refractivity contribution in [3.05, 3.63) is 0 Å². The molecule has 2 saturated heterocycles. The Labute approximate surface area is 120 Å². The van der Waals surface area contributed by atoms with Crippen LogP contribution in [0.4, 0.5) is 0 Å². The lowest BCUT2D eigenvalue weighted by Crippen LogP contribution is -2.49. The first kappa shape index (κ1) is 15.0. The van der Waals surface area contributed by atoms with Crippen molar-refractivity contribution < 1.29 is 4.74 Å². The van der Waals surface area contributed by atoms with Gasteiger partial charge in [0.1, 0.15) is 0 Å². The van der Waals surface area contributed by atoms with Crippen LogP contribution in [-0.2, 0) is 4.74 Å². The van der Waals surface area contributed by atoms with Crippen molar-refractivity contribution in [1.82, 2.24) is 5.32 Å². The summed E-state index contributed by atoms with van der Waals surface area (Å²) in [6.07, 6.45) is 8.44. The molecule has 18 heavy (non-hydrogen) atoms. The third-order valence-electron chi connectivity index (χ3n) is 4.28. The van der Waals surface area contributed by atoms with E-state index in [1.165, 1.54) is 43.6 Å². The van der Waals surface area contributed by atoms with Crippen LogP contribution >= 0.6 is 23.5 Å². The zero-order valence-electron chi connectivity index (χ0n) is 11.7. The standard InChI is InChI=1S/C14H27NOS2/c1-12(17-2)3-7-15-13-4-8-16-14(11-13)5-9-18-10-6-14/h12-13,15H,3-11H2,1-2H3. The number of rotatable bonds is 5. The van der Waals surface area contributed by atoms with Gasteiger partial charge in [0.25, 0.3) is 0 Å². The number of hydrogen-bond acceptors (Lipinski definition) is 4. The van der Waals surface area contributed by atoms with E-state index in [9.17, 15) is 0 Å². The minimum absolute atomic E-state index is 0.228. The van der Waals surface area contributed by atoms with E-state index in [0.717, 1.165) is 18.4 Å².